The van der Waals surface area contributed by atoms with Crippen molar-refractivity contribution in [3.63, 3.8) is 0 Å². The van der Waals surface area contributed by atoms with Gasteiger partial charge in [-0.05, 0) is 271 Å². The Morgan fingerprint density at radius 2 is 0.453 bits per heavy atom. The first-order chi connectivity index (χ1) is 28.6. The molecule has 0 aromatic heterocycles. The van der Waals surface area contributed by atoms with Gasteiger partial charge in [0.2, 0.25) is 0 Å². The van der Waals surface area contributed by atoms with Crippen LogP contribution in [-0.4, -0.2) is 0 Å². The van der Waals surface area contributed by atoms with Gasteiger partial charge in [0.15, 0.2) is 0 Å². The van der Waals surface area contributed by atoms with Crippen LogP contribution in [0.2, 0.25) is 0 Å². The fourth-order valence-corrected chi connectivity index (χ4v) is 16.4. The molecule has 4 aromatic carbocycles. The monoisotopic (exact) mass is 859 g/mol. The highest BCUT2D eigenvalue weighted by Crippen LogP contribution is 2.62. The third kappa shape index (κ3) is 6.30. The molecule has 0 atom stereocenters. The van der Waals surface area contributed by atoms with E-state index in [1.54, 1.807) is 111 Å². The maximum absolute atomic E-state index is 2.43. The average Bonchev–Trinajstić information content (AvgIpc) is 3.07. The summed E-state index contributed by atoms with van der Waals surface area (Å²) in [6.45, 7) is 54.4. The van der Waals surface area contributed by atoms with Crippen molar-refractivity contribution in [1.82, 2.24) is 0 Å². The fourth-order valence-electron chi connectivity index (χ4n) is 16.4. The van der Waals surface area contributed by atoms with Gasteiger partial charge in [-0.3, -0.25) is 0 Å². The van der Waals surface area contributed by atoms with Crippen molar-refractivity contribution in [2.45, 2.75) is 261 Å². The molecule has 0 unspecified atom stereocenters. The molecule has 346 valence electrons. The average molecular weight is 859 g/mol. The van der Waals surface area contributed by atoms with Gasteiger partial charge >= 0.3 is 0 Å². The van der Waals surface area contributed by atoms with Gasteiger partial charge in [-0.25, -0.2) is 0 Å². The first-order valence-electron chi connectivity index (χ1n) is 25.2. The van der Waals surface area contributed by atoms with E-state index in [-0.39, 0.29) is 7.43 Å². The van der Waals surface area contributed by atoms with Gasteiger partial charge in [0.1, 0.15) is 0 Å². The minimum absolute atomic E-state index is 0. The summed E-state index contributed by atoms with van der Waals surface area (Å²) < 4.78 is 0. The normalized spacial score (nSPS) is 22.7. The first kappa shape index (κ1) is 47.4. The third-order valence-corrected chi connectivity index (χ3v) is 18.9. The Hall–Kier alpha value is -3.12. The van der Waals surface area contributed by atoms with Crippen molar-refractivity contribution < 1.29 is 0 Å². The Bertz CT molecular complexity index is 2390. The summed E-state index contributed by atoms with van der Waals surface area (Å²) in [5, 5.41) is 0. The molecule has 64 heavy (non-hydrogen) atoms. The van der Waals surface area contributed by atoms with Gasteiger partial charge in [0, 0.05) is 0 Å². The largest absolute Gasteiger partial charge is 0.0776 e. The molecule has 0 saturated heterocycles. The number of aryl methyl sites for hydroxylation is 2. The number of benzene rings is 4. The van der Waals surface area contributed by atoms with Gasteiger partial charge in [-0.2, -0.15) is 0 Å². The standard InChI is InChI=1S/C18H24.2C16H22.C13H18.CH4/c1-16(2)7-10-13(16)11-8-17(3,4)15(11)12-9-18(5,6)14(10)12;1-9-11-7-16(5,6)14(11)10(2)12-8-15(3,4)13(9)12;1-9-10(2)14-12(8-16(14,5)6)11-7-15(3,4)13(9)11;1-8-6-9(2)12-11(10(8)3)7-13(12,4)5;/h7-9H2,1-6H3;2*7-8H2,1-6H3;6H,7H2,1-5H3;1H4. The van der Waals surface area contributed by atoms with Gasteiger partial charge in [-0.15, -0.1) is 0 Å². The van der Waals surface area contributed by atoms with E-state index in [4.69, 9.17) is 0 Å². The van der Waals surface area contributed by atoms with E-state index in [0.717, 1.165) is 0 Å². The number of fused-ring (bicyclic) bond motifs is 12. The van der Waals surface area contributed by atoms with E-state index in [2.05, 4.69) is 165 Å². The van der Waals surface area contributed by atoms with Crippen LogP contribution < -0.4 is 0 Å². The molecule has 0 N–H and O–H groups in total. The van der Waals surface area contributed by atoms with E-state index in [9.17, 15) is 0 Å². The molecule has 12 rings (SSSR count). The van der Waals surface area contributed by atoms with Crippen molar-refractivity contribution in [3.05, 3.63) is 134 Å². The van der Waals surface area contributed by atoms with Crippen molar-refractivity contribution in [3.8, 4) is 0 Å². The van der Waals surface area contributed by atoms with Crippen LogP contribution >= 0.6 is 0 Å². The molecule has 0 heterocycles. The third-order valence-electron chi connectivity index (χ3n) is 18.9. The van der Waals surface area contributed by atoms with E-state index in [1.807, 2.05) is 0 Å². The summed E-state index contributed by atoms with van der Waals surface area (Å²) in [5.41, 5.74) is 41.3. The highest BCUT2D eigenvalue weighted by molar-refractivity contribution is 5.71. The molecule has 0 saturated carbocycles. The summed E-state index contributed by atoms with van der Waals surface area (Å²) in [7, 11) is 0. The second kappa shape index (κ2) is 13.7. The van der Waals surface area contributed by atoms with Gasteiger partial charge < -0.3 is 0 Å². The molecule has 0 aliphatic heterocycles. The lowest BCUT2D eigenvalue weighted by molar-refractivity contribution is 0.347. The predicted octanol–water partition coefficient (Wildman–Crippen LogP) is 16.2. The molecular weight excluding hydrogens is 769 g/mol. The van der Waals surface area contributed by atoms with Crippen molar-refractivity contribution in [2.24, 2.45) is 0 Å². The Kier molecular flexibility index (Phi) is 10.2. The zero-order valence-electron chi connectivity index (χ0n) is 44.7. The van der Waals surface area contributed by atoms with Crippen molar-refractivity contribution >= 4 is 0 Å². The SMILES string of the molecule is C.CC1(C)Cc2c1c1c(c3c2C(C)(C)C3)C(C)(C)C1.Cc1c(C)c2c(c3c1C(C)(C)C3)CC2(C)C.Cc1c2c(c(C)c3c1C(C)(C)C3)C(C)(C)C2.Cc1cc(C)c2c(c1C)CC2(C)C. The quantitative estimate of drug-likeness (QED) is 0.165. The molecule has 0 spiro atoms. The van der Waals surface area contributed by atoms with Crippen molar-refractivity contribution in [1.29, 1.82) is 0 Å². The van der Waals surface area contributed by atoms with Crippen LogP contribution in [0.15, 0.2) is 6.07 Å². The summed E-state index contributed by atoms with van der Waals surface area (Å²) in [6.07, 6.45) is 10.3. The second-order valence-electron chi connectivity index (χ2n) is 27.9. The number of hydrogen-bond donors (Lipinski definition) is 0. The molecule has 0 bridgehead atoms. The van der Waals surface area contributed by atoms with Gasteiger partial charge in [0.05, 0.1) is 0 Å². The maximum Gasteiger partial charge on any atom is -0.00573 e. The van der Waals surface area contributed by atoms with Gasteiger partial charge in [-0.1, -0.05) is 124 Å². The zero-order chi connectivity index (χ0) is 46.6. The highest BCUT2D eigenvalue weighted by Gasteiger charge is 2.54. The molecule has 4 aromatic rings. The molecule has 8 aliphatic carbocycles. The lowest BCUT2D eigenvalue weighted by atomic mass is 9.47. The predicted molar refractivity (Wildman–Crippen MR) is 279 cm³/mol. The maximum atomic E-state index is 2.43. The van der Waals surface area contributed by atoms with Crippen LogP contribution in [0.3, 0.4) is 0 Å². The summed E-state index contributed by atoms with van der Waals surface area (Å²) in [4.78, 5) is 0. The molecule has 0 fully saturated rings. The fraction of sp³-hybridized carbons (Fsp3) is 0.625. The molecule has 8 aliphatic rings. The molecule has 0 nitrogen and oxygen atoms in total. The van der Waals surface area contributed by atoms with Crippen LogP contribution in [-0.2, 0) is 94.7 Å². The van der Waals surface area contributed by atoms with E-state index >= 15 is 0 Å². The Labute approximate surface area is 393 Å². The Morgan fingerprint density at radius 3 is 0.719 bits per heavy atom. The summed E-state index contributed by atoms with van der Waals surface area (Å²) in [6, 6.07) is 2.33. The van der Waals surface area contributed by atoms with Crippen LogP contribution in [0.1, 0.15) is 246 Å². The topological polar surface area (TPSA) is 0 Å². The Balaban J connectivity index is 0.000000117. The van der Waals surface area contributed by atoms with E-state index in [1.165, 1.54) is 68.1 Å². The first-order valence-corrected chi connectivity index (χ1v) is 25.2. The van der Waals surface area contributed by atoms with Crippen molar-refractivity contribution in [2.75, 3.05) is 0 Å². The lowest BCUT2D eigenvalue weighted by Crippen LogP contribution is -2.50. The van der Waals surface area contributed by atoms with Gasteiger partial charge in [0.25, 0.3) is 0 Å². The number of hydrogen-bond acceptors (Lipinski definition) is 0. The highest BCUT2D eigenvalue weighted by atomic mass is 14.6. The Morgan fingerprint density at radius 1 is 0.234 bits per heavy atom. The molecule has 0 amide bonds. The van der Waals surface area contributed by atoms with Crippen LogP contribution in [0.5, 0.6) is 0 Å². The van der Waals surface area contributed by atoms with Crippen LogP contribution in [0.25, 0.3) is 0 Å². The molecule has 0 radical (unpaired) electrons. The minimum atomic E-state index is 0. The molecular formula is C64H90. The minimum Gasteiger partial charge on any atom is -0.0776 e. The summed E-state index contributed by atoms with van der Waals surface area (Å²) in [5.74, 6) is 0. The van der Waals surface area contributed by atoms with Crippen LogP contribution in [0.4, 0.5) is 0 Å². The second-order valence-corrected chi connectivity index (χ2v) is 27.9. The van der Waals surface area contributed by atoms with E-state index in [0.29, 0.717) is 43.3 Å². The molecule has 0 heteroatoms. The van der Waals surface area contributed by atoms with Crippen LogP contribution in [0, 0.1) is 48.5 Å². The smallest absolute Gasteiger partial charge is 0.00573 e. The lowest BCUT2D eigenvalue weighted by Gasteiger charge is -2.57. The summed E-state index contributed by atoms with van der Waals surface area (Å²) >= 11 is 0. The number of rotatable bonds is 0. The zero-order valence-corrected chi connectivity index (χ0v) is 44.7. The van der Waals surface area contributed by atoms with E-state index < -0.39 is 0 Å².